The molecule has 0 unspecified atom stereocenters. The molecule has 0 nitrogen and oxygen atoms in total. The van der Waals surface area contributed by atoms with Gasteiger partial charge >= 0.3 is 5.13 Å². The lowest BCUT2D eigenvalue weighted by atomic mass is 10.8. The summed E-state index contributed by atoms with van der Waals surface area (Å²) in [4.78, 5) is 0. The van der Waals surface area contributed by atoms with Crippen molar-refractivity contribution in [1.82, 2.24) is 0 Å². The van der Waals surface area contributed by atoms with Crippen LogP contribution in [0.5, 0.6) is 0 Å². The van der Waals surface area contributed by atoms with Gasteiger partial charge in [-0.15, -0.1) is 0 Å². The Kier molecular flexibility index (Phi) is 0.289. The van der Waals surface area contributed by atoms with Crippen LogP contribution in [0.1, 0.15) is 0 Å². The van der Waals surface area contributed by atoms with Gasteiger partial charge in [-0.05, 0) is 11.8 Å². The van der Waals surface area contributed by atoms with Gasteiger partial charge in [-0.2, -0.15) is 4.39 Å². The zero-order chi connectivity index (χ0) is 3.91. The highest BCUT2D eigenvalue weighted by molar-refractivity contribution is 6.29. The van der Waals surface area contributed by atoms with Crippen LogP contribution in [-0.4, -0.2) is 5.13 Å². The first-order chi connectivity index (χ1) is 2.21. The molecule has 1 aliphatic rings. The van der Waals surface area contributed by atoms with Crippen LogP contribution in [0.4, 0.5) is 4.39 Å². The summed E-state index contributed by atoms with van der Waals surface area (Å²) in [6, 6.07) is 0. The largest absolute Gasteiger partial charge is 0.306 e. The smallest absolute Gasteiger partial charge is 0.197 e. The molecule has 0 spiro atoms. The highest BCUT2D eigenvalue weighted by Crippen LogP contribution is 2.22. The Balaban J connectivity index is 2.50. The molecule has 0 aromatic rings. The molecule has 0 bridgehead atoms. The van der Waals surface area contributed by atoms with E-state index >= 15 is 0 Å². The van der Waals surface area contributed by atoms with Crippen LogP contribution in [0.3, 0.4) is 0 Å². The average Bonchev–Trinajstić information content (AvgIpc) is 1.76. The third-order valence-electron chi connectivity index (χ3n) is 0.314. The van der Waals surface area contributed by atoms with E-state index in [0.29, 0.717) is 0 Å². The molecular formula is C3ClF. The van der Waals surface area contributed by atoms with Crippen LogP contribution in [-0.2, 0) is 0 Å². The van der Waals surface area contributed by atoms with Crippen molar-refractivity contribution in [2.75, 3.05) is 0 Å². The molecule has 2 heteroatoms. The Labute approximate surface area is 33.9 Å². The maximum absolute atomic E-state index is 11.3. The van der Waals surface area contributed by atoms with Gasteiger partial charge in [0.1, 0.15) is 0 Å². The van der Waals surface area contributed by atoms with Crippen molar-refractivity contribution in [2.24, 2.45) is 0 Å². The summed E-state index contributed by atoms with van der Waals surface area (Å²) < 4.78 is 11.3. The second-order valence-corrected chi connectivity index (χ2v) is 1.35. The minimum atomic E-state index is -1.78. The van der Waals surface area contributed by atoms with Crippen molar-refractivity contribution in [2.45, 2.75) is 5.13 Å². The molecule has 0 atom stereocenters. The summed E-state index contributed by atoms with van der Waals surface area (Å²) in [5.74, 6) is 4.04. The fourth-order valence-corrected chi connectivity index (χ4v) is 0.0945. The van der Waals surface area contributed by atoms with Gasteiger partial charge in [-0.1, -0.05) is 11.6 Å². The molecule has 0 fully saturated rings. The van der Waals surface area contributed by atoms with E-state index < -0.39 is 5.13 Å². The average molecular weight is 90.5 g/mol. The minimum Gasteiger partial charge on any atom is -0.197 e. The van der Waals surface area contributed by atoms with Crippen LogP contribution in [0.2, 0.25) is 0 Å². The van der Waals surface area contributed by atoms with Crippen molar-refractivity contribution < 1.29 is 4.39 Å². The molecule has 0 heterocycles. The predicted molar refractivity (Wildman–Crippen MR) is 17.5 cm³/mol. The number of rotatable bonds is 0. The van der Waals surface area contributed by atoms with E-state index in [9.17, 15) is 4.39 Å². The lowest BCUT2D eigenvalue weighted by molar-refractivity contribution is 0.473. The molecule has 0 aromatic heterocycles. The number of halogens is 2. The summed E-state index contributed by atoms with van der Waals surface area (Å²) in [5.41, 5.74) is 0. The molecule has 1 rings (SSSR count). The molecule has 0 saturated heterocycles. The van der Waals surface area contributed by atoms with E-state index in [0.717, 1.165) is 0 Å². The van der Waals surface area contributed by atoms with Gasteiger partial charge in [0, 0.05) is 0 Å². The van der Waals surface area contributed by atoms with Crippen molar-refractivity contribution in [3.8, 4) is 11.8 Å². The fourth-order valence-electron chi connectivity index (χ4n) is 0.0472. The number of alkyl halides is 2. The molecule has 0 radical (unpaired) electrons. The normalized spacial score (nSPS) is 23.6. The Hall–Kier alpha value is -0.220. The van der Waals surface area contributed by atoms with E-state index in [2.05, 4.69) is 0 Å². The zero-order valence-corrected chi connectivity index (χ0v) is 3.01. The summed E-state index contributed by atoms with van der Waals surface area (Å²) in [6.45, 7) is 0. The Morgan fingerprint density at radius 1 is 1.60 bits per heavy atom. The SMILES string of the molecule is FC1(Cl)C#C1. The van der Waals surface area contributed by atoms with Crippen LogP contribution in [0.25, 0.3) is 0 Å². The Morgan fingerprint density at radius 2 is 1.80 bits per heavy atom. The predicted octanol–water partition coefficient (Wildman–Crippen LogP) is 0.908. The zero-order valence-electron chi connectivity index (χ0n) is 2.26. The first kappa shape index (κ1) is 2.99. The third-order valence-corrected chi connectivity index (χ3v) is 0.503. The third kappa shape index (κ3) is 0.524. The van der Waals surface area contributed by atoms with Gasteiger partial charge in [-0.3, -0.25) is 0 Å². The van der Waals surface area contributed by atoms with Gasteiger partial charge in [0.2, 0.25) is 0 Å². The molecule has 5 heavy (non-hydrogen) atoms. The summed E-state index contributed by atoms with van der Waals surface area (Å²) >= 11 is 4.75. The Bertz CT molecular complexity index is 95.8. The first-order valence-corrected chi connectivity index (χ1v) is 1.51. The molecule has 0 aromatic carbocycles. The molecule has 0 aliphatic heterocycles. The van der Waals surface area contributed by atoms with Crippen LogP contribution in [0, 0.1) is 11.8 Å². The van der Waals surface area contributed by atoms with Crippen LogP contribution < -0.4 is 0 Å². The summed E-state index contributed by atoms with van der Waals surface area (Å²) in [7, 11) is 0. The van der Waals surface area contributed by atoms with Gasteiger partial charge in [0.15, 0.2) is 0 Å². The fraction of sp³-hybridized carbons (Fsp3) is 0.333. The van der Waals surface area contributed by atoms with Crippen LogP contribution in [0.15, 0.2) is 0 Å². The summed E-state index contributed by atoms with van der Waals surface area (Å²) in [6.07, 6.45) is 0. The number of hydrogen-bond donors (Lipinski definition) is 0. The van der Waals surface area contributed by atoms with Gasteiger partial charge in [0.25, 0.3) is 0 Å². The second-order valence-electron chi connectivity index (χ2n) is 0.824. The van der Waals surface area contributed by atoms with Crippen LogP contribution >= 0.6 is 11.6 Å². The van der Waals surface area contributed by atoms with Crippen molar-refractivity contribution >= 4 is 11.6 Å². The Morgan fingerprint density at radius 3 is 1.80 bits per heavy atom. The van der Waals surface area contributed by atoms with E-state index in [1.807, 2.05) is 11.8 Å². The highest BCUT2D eigenvalue weighted by atomic mass is 35.5. The lowest BCUT2D eigenvalue weighted by Crippen LogP contribution is -1.86. The van der Waals surface area contributed by atoms with Crippen molar-refractivity contribution in [1.29, 1.82) is 0 Å². The van der Waals surface area contributed by atoms with E-state index in [4.69, 9.17) is 11.6 Å². The van der Waals surface area contributed by atoms with Crippen molar-refractivity contribution in [3.63, 3.8) is 0 Å². The van der Waals surface area contributed by atoms with Crippen molar-refractivity contribution in [3.05, 3.63) is 0 Å². The second kappa shape index (κ2) is 0.483. The van der Waals surface area contributed by atoms with E-state index in [1.54, 1.807) is 0 Å². The molecular weight excluding hydrogens is 90.5 g/mol. The molecule has 0 amide bonds. The number of hydrogen-bond acceptors (Lipinski definition) is 0. The topological polar surface area (TPSA) is 0 Å². The van der Waals surface area contributed by atoms with Gasteiger partial charge in [0.05, 0.1) is 0 Å². The molecule has 1 aliphatic carbocycles. The standard InChI is InChI=1S/C3ClF/c4-3(5)1-2-3. The first-order valence-electron chi connectivity index (χ1n) is 1.13. The maximum atomic E-state index is 11.3. The maximum Gasteiger partial charge on any atom is 0.306 e. The quantitative estimate of drug-likeness (QED) is 0.306. The van der Waals surface area contributed by atoms with Gasteiger partial charge in [-0.25, -0.2) is 0 Å². The molecule has 0 saturated carbocycles. The van der Waals surface area contributed by atoms with E-state index in [-0.39, 0.29) is 0 Å². The monoisotopic (exact) mass is 90.0 g/mol. The van der Waals surface area contributed by atoms with Gasteiger partial charge < -0.3 is 0 Å². The van der Waals surface area contributed by atoms with E-state index in [1.165, 1.54) is 0 Å². The highest BCUT2D eigenvalue weighted by Gasteiger charge is 2.29. The summed E-state index contributed by atoms with van der Waals surface area (Å²) in [5, 5.41) is -1.78. The molecule has 26 valence electrons. The molecule has 0 N–H and O–H groups in total. The lowest BCUT2D eigenvalue weighted by Gasteiger charge is -1.77. The minimum absolute atomic E-state index is 1.78.